The number of carbonyl (C=O) groups excluding carboxylic acids is 2. The molecule has 2 aromatic heterocycles. The minimum Gasteiger partial charge on any atom is -0.450 e. The van der Waals surface area contributed by atoms with E-state index in [1.54, 1.807) is 41.1 Å². The van der Waals surface area contributed by atoms with Crippen molar-refractivity contribution in [2.75, 3.05) is 44.2 Å². The van der Waals surface area contributed by atoms with Crippen LogP contribution in [0.25, 0.3) is 11.7 Å². The first-order chi connectivity index (χ1) is 19.0. The monoisotopic (exact) mass is 563 g/mol. The van der Waals surface area contributed by atoms with Crippen LogP contribution in [0.5, 0.6) is 0 Å². The molecule has 4 heterocycles. The Bertz CT molecular complexity index is 1480. The summed E-state index contributed by atoms with van der Waals surface area (Å²) in [6.07, 6.45) is 4.56. The minimum absolute atomic E-state index is 0.200. The van der Waals surface area contributed by atoms with Crippen LogP contribution in [-0.4, -0.2) is 74.8 Å². The van der Waals surface area contributed by atoms with Crippen LogP contribution in [0.4, 0.5) is 10.6 Å². The van der Waals surface area contributed by atoms with E-state index < -0.39 is 0 Å². The Morgan fingerprint density at radius 2 is 1.82 bits per heavy atom. The number of fused-ring (bicyclic) bond motifs is 1. The van der Waals surface area contributed by atoms with Gasteiger partial charge in [0.15, 0.2) is 0 Å². The van der Waals surface area contributed by atoms with E-state index in [1.165, 1.54) is 21.7 Å². The van der Waals surface area contributed by atoms with E-state index in [2.05, 4.69) is 12.1 Å². The van der Waals surface area contributed by atoms with E-state index in [1.807, 2.05) is 29.2 Å². The van der Waals surface area contributed by atoms with Gasteiger partial charge in [-0.2, -0.15) is 0 Å². The van der Waals surface area contributed by atoms with Gasteiger partial charge in [0.1, 0.15) is 15.8 Å². The second kappa shape index (κ2) is 12.0. The SMILES string of the molecule is CCOC(=O)N1CCN(c2nc3ccccn3c(=O)c2C=C2SC(=S)N(CCCc3ccccc3)C2=O)CC1. The fraction of sp³-hybridized carbons (Fsp3) is 0.321. The number of hydrogen-bond acceptors (Lipinski definition) is 8. The van der Waals surface area contributed by atoms with Crippen molar-refractivity contribution in [1.29, 1.82) is 0 Å². The summed E-state index contributed by atoms with van der Waals surface area (Å²) >= 11 is 6.74. The molecule has 39 heavy (non-hydrogen) atoms. The van der Waals surface area contributed by atoms with Crippen LogP contribution in [0.2, 0.25) is 0 Å². The Balaban J connectivity index is 1.40. The molecule has 0 radical (unpaired) electrons. The normalized spacial score (nSPS) is 16.9. The summed E-state index contributed by atoms with van der Waals surface area (Å²) in [5.74, 6) is 0.290. The van der Waals surface area contributed by atoms with Gasteiger partial charge in [0.05, 0.1) is 17.1 Å². The predicted octanol–water partition coefficient (Wildman–Crippen LogP) is 3.81. The molecule has 0 saturated carbocycles. The summed E-state index contributed by atoms with van der Waals surface area (Å²) < 4.78 is 7.09. The van der Waals surface area contributed by atoms with Gasteiger partial charge in [-0.1, -0.05) is 60.4 Å². The smallest absolute Gasteiger partial charge is 0.409 e. The van der Waals surface area contributed by atoms with Crippen molar-refractivity contribution in [2.24, 2.45) is 0 Å². The molecule has 2 saturated heterocycles. The maximum Gasteiger partial charge on any atom is 0.409 e. The van der Waals surface area contributed by atoms with Gasteiger partial charge in [-0.05, 0) is 43.5 Å². The first-order valence-corrected chi connectivity index (χ1v) is 14.2. The van der Waals surface area contributed by atoms with Gasteiger partial charge >= 0.3 is 6.09 Å². The number of rotatable bonds is 7. The van der Waals surface area contributed by atoms with Crippen molar-refractivity contribution in [3.63, 3.8) is 0 Å². The molecule has 0 unspecified atom stereocenters. The van der Waals surface area contributed by atoms with Crippen molar-refractivity contribution in [3.05, 3.63) is 81.1 Å². The summed E-state index contributed by atoms with van der Waals surface area (Å²) in [6.45, 7) is 4.45. The lowest BCUT2D eigenvalue weighted by Gasteiger charge is -2.35. The number of nitrogens with zero attached hydrogens (tertiary/aromatic N) is 5. The fourth-order valence-corrected chi connectivity index (χ4v) is 5.97. The molecule has 2 amide bonds. The summed E-state index contributed by atoms with van der Waals surface area (Å²) in [5.41, 5.74) is 1.78. The number of benzene rings is 1. The van der Waals surface area contributed by atoms with Gasteiger partial charge in [-0.25, -0.2) is 9.78 Å². The molecular formula is C28H29N5O4S2. The fourth-order valence-electron chi connectivity index (χ4n) is 4.68. The van der Waals surface area contributed by atoms with E-state index in [4.69, 9.17) is 21.9 Å². The first kappa shape index (κ1) is 26.9. The lowest BCUT2D eigenvalue weighted by molar-refractivity contribution is -0.122. The molecule has 3 aromatic rings. The number of thiocarbonyl (C=S) groups is 1. The van der Waals surface area contributed by atoms with Crippen LogP contribution in [0.3, 0.4) is 0 Å². The molecule has 1 aromatic carbocycles. The summed E-state index contributed by atoms with van der Waals surface area (Å²) in [5, 5.41) is 0. The van der Waals surface area contributed by atoms with E-state index in [-0.39, 0.29) is 17.6 Å². The number of amides is 2. The molecule has 9 nitrogen and oxygen atoms in total. The molecule has 11 heteroatoms. The van der Waals surface area contributed by atoms with E-state index in [0.29, 0.717) is 65.6 Å². The van der Waals surface area contributed by atoms with Crippen LogP contribution in [-0.2, 0) is 16.0 Å². The van der Waals surface area contributed by atoms with Crippen molar-refractivity contribution in [3.8, 4) is 0 Å². The molecule has 2 aliphatic rings. The summed E-state index contributed by atoms with van der Waals surface area (Å²) in [7, 11) is 0. The van der Waals surface area contributed by atoms with Crippen molar-refractivity contribution in [1.82, 2.24) is 19.2 Å². The quantitative estimate of drug-likeness (QED) is 0.317. The third kappa shape index (κ3) is 5.84. The van der Waals surface area contributed by atoms with Crippen LogP contribution >= 0.6 is 24.0 Å². The highest BCUT2D eigenvalue weighted by molar-refractivity contribution is 8.26. The van der Waals surface area contributed by atoms with Crippen molar-refractivity contribution < 1.29 is 14.3 Å². The molecule has 2 aliphatic heterocycles. The Morgan fingerprint density at radius 3 is 2.56 bits per heavy atom. The summed E-state index contributed by atoms with van der Waals surface area (Å²) in [6, 6.07) is 15.5. The van der Waals surface area contributed by atoms with Crippen molar-refractivity contribution in [2.45, 2.75) is 19.8 Å². The largest absolute Gasteiger partial charge is 0.450 e. The standard InChI is InChI=1S/C28H29N5O4S2/c1-2-37-27(36)31-17-15-30(16-18-31)24-21(25(34)32-13-7-6-12-23(32)29-24)19-22-26(35)33(28(38)39-22)14-8-11-20-9-4-3-5-10-20/h3-7,9-10,12-13,19H,2,8,11,14-18H2,1H3. The Kier molecular flexibility index (Phi) is 8.27. The van der Waals surface area contributed by atoms with Gasteiger partial charge in [0.25, 0.3) is 11.5 Å². The van der Waals surface area contributed by atoms with E-state index >= 15 is 0 Å². The average molecular weight is 564 g/mol. The number of ether oxygens (including phenoxy) is 1. The van der Waals surface area contributed by atoms with Crippen LogP contribution in [0, 0.1) is 0 Å². The zero-order chi connectivity index (χ0) is 27.4. The number of hydrogen-bond donors (Lipinski definition) is 0. The van der Waals surface area contributed by atoms with Gasteiger partial charge < -0.3 is 14.5 Å². The molecule has 0 N–H and O–H groups in total. The number of aryl methyl sites for hydroxylation is 1. The Hall–Kier alpha value is -3.70. The molecule has 202 valence electrons. The van der Waals surface area contributed by atoms with E-state index in [0.717, 1.165) is 12.8 Å². The first-order valence-electron chi connectivity index (χ1n) is 12.9. The number of carbonyl (C=O) groups is 2. The average Bonchev–Trinajstić information content (AvgIpc) is 3.22. The Morgan fingerprint density at radius 1 is 1.08 bits per heavy atom. The van der Waals surface area contributed by atoms with Gasteiger partial charge in [-0.15, -0.1) is 0 Å². The van der Waals surface area contributed by atoms with E-state index in [9.17, 15) is 14.4 Å². The lowest BCUT2D eigenvalue weighted by atomic mass is 10.1. The zero-order valence-corrected chi connectivity index (χ0v) is 23.2. The second-order valence-corrected chi connectivity index (χ2v) is 10.9. The molecule has 0 atom stereocenters. The molecule has 0 spiro atoms. The predicted molar refractivity (Wildman–Crippen MR) is 157 cm³/mol. The molecule has 5 rings (SSSR count). The lowest BCUT2D eigenvalue weighted by Crippen LogP contribution is -2.49. The molecular weight excluding hydrogens is 534 g/mol. The number of aromatic nitrogens is 2. The number of piperazine rings is 1. The number of thioether (sulfide) groups is 1. The molecule has 0 aliphatic carbocycles. The number of pyridine rings is 1. The van der Waals surface area contributed by atoms with Crippen LogP contribution < -0.4 is 10.5 Å². The topological polar surface area (TPSA) is 87.5 Å². The highest BCUT2D eigenvalue weighted by Crippen LogP contribution is 2.34. The molecule has 0 bridgehead atoms. The van der Waals surface area contributed by atoms with Crippen molar-refractivity contribution >= 4 is 57.8 Å². The highest BCUT2D eigenvalue weighted by Gasteiger charge is 2.33. The zero-order valence-electron chi connectivity index (χ0n) is 21.6. The third-order valence-electron chi connectivity index (χ3n) is 6.69. The third-order valence-corrected chi connectivity index (χ3v) is 8.07. The number of anilines is 1. The minimum atomic E-state index is -0.347. The molecule has 2 fully saturated rings. The maximum absolute atomic E-state index is 13.6. The van der Waals surface area contributed by atoms with Crippen LogP contribution in [0.15, 0.2) is 64.4 Å². The van der Waals surface area contributed by atoms with Crippen LogP contribution in [0.1, 0.15) is 24.5 Å². The maximum atomic E-state index is 13.6. The summed E-state index contributed by atoms with van der Waals surface area (Å²) in [4.78, 5) is 49.6. The van der Waals surface area contributed by atoms with Gasteiger partial charge in [0.2, 0.25) is 0 Å². The Labute approximate surface area is 236 Å². The van der Waals surface area contributed by atoms with Gasteiger partial charge in [-0.3, -0.25) is 18.9 Å². The second-order valence-electron chi connectivity index (χ2n) is 9.18. The van der Waals surface area contributed by atoms with Gasteiger partial charge in [0, 0.05) is 38.9 Å². The highest BCUT2D eigenvalue weighted by atomic mass is 32.2.